The van der Waals surface area contributed by atoms with Gasteiger partial charge in [0.15, 0.2) is 0 Å². The zero-order chi connectivity index (χ0) is 12.3. The van der Waals surface area contributed by atoms with Crippen LogP contribution in [0.2, 0.25) is 0 Å². The SMILES string of the molecule is CCCN(CCBr)C(=O)CC1CC2CCC1C2. The highest BCUT2D eigenvalue weighted by atomic mass is 79.9. The van der Waals surface area contributed by atoms with E-state index < -0.39 is 0 Å². The zero-order valence-electron chi connectivity index (χ0n) is 10.8. The number of rotatable bonds is 6. The summed E-state index contributed by atoms with van der Waals surface area (Å²) in [6, 6.07) is 0. The first-order valence-electron chi connectivity index (χ1n) is 7.08. The van der Waals surface area contributed by atoms with Gasteiger partial charge in [0.05, 0.1) is 0 Å². The summed E-state index contributed by atoms with van der Waals surface area (Å²) in [5.74, 6) is 2.92. The standard InChI is InChI=1S/C14H24BrNO/c1-2-6-16(7-5-15)14(17)10-13-9-11-3-4-12(13)8-11/h11-13H,2-10H2,1H3. The molecule has 2 fully saturated rings. The predicted molar refractivity (Wildman–Crippen MR) is 74.2 cm³/mol. The summed E-state index contributed by atoms with van der Waals surface area (Å²) in [5.41, 5.74) is 0. The van der Waals surface area contributed by atoms with Crippen molar-refractivity contribution in [3.63, 3.8) is 0 Å². The Morgan fingerprint density at radius 3 is 2.65 bits per heavy atom. The van der Waals surface area contributed by atoms with Crippen molar-refractivity contribution in [3.05, 3.63) is 0 Å². The highest BCUT2D eigenvalue weighted by Crippen LogP contribution is 2.49. The predicted octanol–water partition coefficient (Wildman–Crippen LogP) is 3.45. The number of amides is 1. The van der Waals surface area contributed by atoms with Crippen LogP contribution in [0.5, 0.6) is 0 Å². The molecule has 2 aliphatic carbocycles. The van der Waals surface area contributed by atoms with Gasteiger partial charge in [0.1, 0.15) is 0 Å². The van der Waals surface area contributed by atoms with E-state index >= 15 is 0 Å². The Morgan fingerprint density at radius 1 is 1.29 bits per heavy atom. The van der Waals surface area contributed by atoms with Crippen molar-refractivity contribution in [2.24, 2.45) is 17.8 Å². The minimum Gasteiger partial charge on any atom is -0.342 e. The third kappa shape index (κ3) is 3.24. The normalized spacial score (nSPS) is 30.8. The average molecular weight is 302 g/mol. The summed E-state index contributed by atoms with van der Waals surface area (Å²) in [6.07, 6.45) is 7.42. The van der Waals surface area contributed by atoms with Crippen LogP contribution in [0.3, 0.4) is 0 Å². The molecule has 1 amide bonds. The number of hydrogen-bond acceptors (Lipinski definition) is 1. The molecule has 0 heterocycles. The molecule has 0 N–H and O–H groups in total. The van der Waals surface area contributed by atoms with Crippen LogP contribution in [-0.4, -0.2) is 29.2 Å². The maximum absolute atomic E-state index is 12.3. The van der Waals surface area contributed by atoms with E-state index in [1.165, 1.54) is 25.7 Å². The summed E-state index contributed by atoms with van der Waals surface area (Å²) in [5, 5.41) is 0.898. The number of hydrogen-bond donors (Lipinski definition) is 0. The van der Waals surface area contributed by atoms with Gasteiger partial charge >= 0.3 is 0 Å². The molecule has 98 valence electrons. The maximum atomic E-state index is 12.3. The van der Waals surface area contributed by atoms with E-state index in [0.29, 0.717) is 11.8 Å². The summed E-state index contributed by atoms with van der Waals surface area (Å²) in [6.45, 7) is 3.94. The van der Waals surface area contributed by atoms with Crippen molar-refractivity contribution in [2.45, 2.75) is 45.4 Å². The molecule has 0 aromatic carbocycles. The molecule has 0 aromatic rings. The van der Waals surface area contributed by atoms with Crippen molar-refractivity contribution in [3.8, 4) is 0 Å². The molecule has 2 rings (SSSR count). The highest BCUT2D eigenvalue weighted by molar-refractivity contribution is 9.09. The lowest BCUT2D eigenvalue weighted by atomic mass is 9.86. The minimum atomic E-state index is 0.392. The Hall–Kier alpha value is -0.0500. The number of fused-ring (bicyclic) bond motifs is 2. The second kappa shape index (κ2) is 6.21. The third-order valence-corrected chi connectivity index (χ3v) is 4.88. The second-order valence-corrected chi connectivity index (χ2v) is 6.50. The van der Waals surface area contributed by atoms with Crippen LogP contribution in [0.1, 0.15) is 45.4 Å². The molecule has 17 heavy (non-hydrogen) atoms. The van der Waals surface area contributed by atoms with Gasteiger partial charge < -0.3 is 4.90 Å². The van der Waals surface area contributed by atoms with E-state index in [0.717, 1.165) is 43.1 Å². The fourth-order valence-corrected chi connectivity index (χ4v) is 4.14. The summed E-state index contributed by atoms with van der Waals surface area (Å²) < 4.78 is 0. The summed E-state index contributed by atoms with van der Waals surface area (Å²) >= 11 is 3.44. The molecule has 2 nitrogen and oxygen atoms in total. The van der Waals surface area contributed by atoms with Gasteiger partial charge in [0.2, 0.25) is 5.91 Å². The van der Waals surface area contributed by atoms with Crippen molar-refractivity contribution in [2.75, 3.05) is 18.4 Å². The van der Waals surface area contributed by atoms with E-state index in [9.17, 15) is 4.79 Å². The van der Waals surface area contributed by atoms with Gasteiger partial charge in [-0.25, -0.2) is 0 Å². The van der Waals surface area contributed by atoms with E-state index in [4.69, 9.17) is 0 Å². The Labute approximate surface area is 113 Å². The molecule has 2 aliphatic rings. The third-order valence-electron chi connectivity index (χ3n) is 4.52. The first-order chi connectivity index (χ1) is 8.24. The lowest BCUT2D eigenvalue weighted by Crippen LogP contribution is -2.35. The quantitative estimate of drug-likeness (QED) is 0.688. The van der Waals surface area contributed by atoms with Gasteiger partial charge in [-0.3, -0.25) is 4.79 Å². The maximum Gasteiger partial charge on any atom is 0.222 e. The van der Waals surface area contributed by atoms with Crippen LogP contribution in [0.25, 0.3) is 0 Å². The van der Waals surface area contributed by atoms with Crippen molar-refractivity contribution in [1.29, 1.82) is 0 Å². The monoisotopic (exact) mass is 301 g/mol. The fraction of sp³-hybridized carbons (Fsp3) is 0.929. The number of carbonyl (C=O) groups excluding carboxylic acids is 1. The molecule has 3 unspecified atom stereocenters. The van der Waals surface area contributed by atoms with Crippen LogP contribution < -0.4 is 0 Å². The van der Waals surface area contributed by atoms with E-state index in [1.807, 2.05) is 4.90 Å². The van der Waals surface area contributed by atoms with Crippen LogP contribution >= 0.6 is 15.9 Å². The lowest BCUT2D eigenvalue weighted by molar-refractivity contribution is -0.132. The number of alkyl halides is 1. The molecule has 0 spiro atoms. The largest absolute Gasteiger partial charge is 0.342 e. The van der Waals surface area contributed by atoms with Gasteiger partial charge in [0, 0.05) is 24.8 Å². The van der Waals surface area contributed by atoms with Crippen LogP contribution in [0.15, 0.2) is 0 Å². The van der Waals surface area contributed by atoms with Crippen LogP contribution in [0, 0.1) is 17.8 Å². The molecule has 2 saturated carbocycles. The Morgan fingerprint density at radius 2 is 2.12 bits per heavy atom. The molecule has 0 aromatic heterocycles. The number of nitrogens with zero attached hydrogens (tertiary/aromatic N) is 1. The lowest BCUT2D eigenvalue weighted by Gasteiger charge is -2.26. The minimum absolute atomic E-state index is 0.392. The Bertz CT molecular complexity index is 263. The molecule has 0 radical (unpaired) electrons. The topological polar surface area (TPSA) is 20.3 Å². The van der Waals surface area contributed by atoms with Gasteiger partial charge in [0.25, 0.3) is 0 Å². The molecule has 3 atom stereocenters. The molecule has 3 heteroatoms. The zero-order valence-corrected chi connectivity index (χ0v) is 12.4. The molecule has 0 aliphatic heterocycles. The highest BCUT2D eigenvalue weighted by Gasteiger charge is 2.40. The van der Waals surface area contributed by atoms with Gasteiger partial charge in [-0.15, -0.1) is 0 Å². The molecule has 0 saturated heterocycles. The van der Waals surface area contributed by atoms with Crippen molar-refractivity contribution < 1.29 is 4.79 Å². The van der Waals surface area contributed by atoms with Crippen LogP contribution in [-0.2, 0) is 4.79 Å². The number of halogens is 1. The summed E-state index contributed by atoms with van der Waals surface area (Å²) in [7, 11) is 0. The molecular weight excluding hydrogens is 278 g/mol. The van der Waals surface area contributed by atoms with E-state index in [2.05, 4.69) is 22.9 Å². The van der Waals surface area contributed by atoms with Crippen molar-refractivity contribution in [1.82, 2.24) is 4.90 Å². The van der Waals surface area contributed by atoms with Gasteiger partial charge in [-0.2, -0.15) is 0 Å². The average Bonchev–Trinajstić information content (AvgIpc) is 2.90. The van der Waals surface area contributed by atoms with Gasteiger partial charge in [-0.05, 0) is 43.4 Å². The summed E-state index contributed by atoms with van der Waals surface area (Å²) in [4.78, 5) is 14.3. The molecule has 2 bridgehead atoms. The first-order valence-corrected chi connectivity index (χ1v) is 8.20. The van der Waals surface area contributed by atoms with E-state index in [1.54, 1.807) is 0 Å². The van der Waals surface area contributed by atoms with E-state index in [-0.39, 0.29) is 0 Å². The smallest absolute Gasteiger partial charge is 0.222 e. The number of carbonyl (C=O) groups is 1. The fourth-order valence-electron chi connectivity index (χ4n) is 3.71. The Balaban J connectivity index is 1.82. The first kappa shape index (κ1) is 13.4. The second-order valence-electron chi connectivity index (χ2n) is 5.71. The molecular formula is C14H24BrNO. The van der Waals surface area contributed by atoms with Gasteiger partial charge in [-0.1, -0.05) is 29.3 Å². The van der Waals surface area contributed by atoms with Crippen molar-refractivity contribution >= 4 is 21.8 Å². The Kier molecular flexibility index (Phi) is 4.89. The van der Waals surface area contributed by atoms with Crippen LogP contribution in [0.4, 0.5) is 0 Å².